The fourth-order valence-electron chi connectivity index (χ4n) is 3.42. The van der Waals surface area contributed by atoms with E-state index in [1.54, 1.807) is 0 Å². The summed E-state index contributed by atoms with van der Waals surface area (Å²) in [6.07, 6.45) is 5.49. The Bertz CT molecular complexity index is 412. The molecule has 0 spiro atoms. The van der Waals surface area contributed by atoms with Gasteiger partial charge in [-0.15, -0.1) is 12.4 Å². The Morgan fingerprint density at radius 2 is 1.79 bits per heavy atom. The second-order valence-electron chi connectivity index (χ2n) is 5.61. The zero-order valence-electron chi connectivity index (χ0n) is 11.3. The van der Waals surface area contributed by atoms with Gasteiger partial charge in [-0.2, -0.15) is 0 Å². The number of benzene rings is 1. The molecule has 1 unspecified atom stereocenters. The van der Waals surface area contributed by atoms with Crippen LogP contribution in [0.15, 0.2) is 30.3 Å². The van der Waals surface area contributed by atoms with Gasteiger partial charge < -0.3 is 0 Å². The fourth-order valence-corrected chi connectivity index (χ4v) is 3.42. The van der Waals surface area contributed by atoms with Crippen LogP contribution in [0.4, 0.5) is 0 Å². The van der Waals surface area contributed by atoms with Gasteiger partial charge in [0.15, 0.2) is 5.78 Å². The molecule has 0 N–H and O–H groups in total. The molecule has 1 atom stereocenters. The Balaban J connectivity index is 0.00000133. The largest absolute Gasteiger partial charge is 0.298 e. The Morgan fingerprint density at radius 1 is 1.11 bits per heavy atom. The molecule has 2 bridgehead atoms. The lowest BCUT2D eigenvalue weighted by atomic mass is 9.80. The van der Waals surface area contributed by atoms with Crippen molar-refractivity contribution in [2.24, 2.45) is 5.92 Å². The topological polar surface area (TPSA) is 20.3 Å². The van der Waals surface area contributed by atoms with E-state index in [1.807, 2.05) is 0 Å². The molecular formula is C16H22ClNO. The van der Waals surface area contributed by atoms with Gasteiger partial charge in [-0.25, -0.2) is 0 Å². The first-order chi connectivity index (χ1) is 8.84. The van der Waals surface area contributed by atoms with Crippen molar-refractivity contribution in [1.82, 2.24) is 4.90 Å². The van der Waals surface area contributed by atoms with Crippen LogP contribution in [-0.4, -0.2) is 29.8 Å². The van der Waals surface area contributed by atoms with Gasteiger partial charge in [-0.1, -0.05) is 30.3 Å². The minimum absolute atomic E-state index is 0. The van der Waals surface area contributed by atoms with Crippen LogP contribution < -0.4 is 0 Å². The summed E-state index contributed by atoms with van der Waals surface area (Å²) in [5.74, 6) is 0.914. The average molecular weight is 280 g/mol. The molecule has 0 saturated carbocycles. The number of fused-ring (bicyclic) bond motifs is 3. The molecule has 0 aromatic heterocycles. The van der Waals surface area contributed by atoms with Crippen LogP contribution in [0.25, 0.3) is 0 Å². The Hall–Kier alpha value is -0.860. The van der Waals surface area contributed by atoms with E-state index in [-0.39, 0.29) is 18.4 Å². The van der Waals surface area contributed by atoms with Gasteiger partial charge in [0.25, 0.3) is 0 Å². The zero-order valence-corrected chi connectivity index (χ0v) is 12.1. The second kappa shape index (κ2) is 6.53. The third kappa shape index (κ3) is 3.18. The van der Waals surface area contributed by atoms with Gasteiger partial charge in [0.1, 0.15) is 0 Å². The molecule has 104 valence electrons. The summed E-state index contributed by atoms with van der Waals surface area (Å²) in [7, 11) is 0. The number of carbonyl (C=O) groups is 1. The van der Waals surface area contributed by atoms with Crippen LogP contribution in [0.1, 0.15) is 31.2 Å². The lowest BCUT2D eigenvalue weighted by Gasteiger charge is -2.44. The minimum Gasteiger partial charge on any atom is -0.298 e. The molecule has 0 aliphatic carbocycles. The predicted molar refractivity (Wildman–Crippen MR) is 79.7 cm³/mol. The third-order valence-corrected chi connectivity index (χ3v) is 4.49. The summed E-state index contributed by atoms with van der Waals surface area (Å²) in [5.41, 5.74) is 1.39. The van der Waals surface area contributed by atoms with Gasteiger partial charge in [-0.05, 0) is 50.8 Å². The van der Waals surface area contributed by atoms with Crippen molar-refractivity contribution in [1.29, 1.82) is 0 Å². The van der Waals surface area contributed by atoms with Crippen molar-refractivity contribution in [3.8, 4) is 0 Å². The molecule has 3 aliphatic rings. The van der Waals surface area contributed by atoms with E-state index in [2.05, 4.69) is 35.2 Å². The number of piperidine rings is 3. The monoisotopic (exact) mass is 279 g/mol. The van der Waals surface area contributed by atoms with E-state index >= 15 is 0 Å². The Kier molecular flexibility index (Phi) is 5.00. The Labute approximate surface area is 121 Å². The molecule has 1 aromatic carbocycles. The molecule has 4 rings (SSSR count). The van der Waals surface area contributed by atoms with Gasteiger partial charge in [0.2, 0.25) is 0 Å². The number of aryl methyl sites for hydroxylation is 1. The van der Waals surface area contributed by atoms with Crippen LogP contribution in [0.2, 0.25) is 0 Å². The summed E-state index contributed by atoms with van der Waals surface area (Å²) in [6, 6.07) is 10.8. The molecule has 3 heteroatoms. The highest BCUT2D eigenvalue weighted by Crippen LogP contribution is 2.31. The highest BCUT2D eigenvalue weighted by molar-refractivity contribution is 5.87. The molecule has 2 nitrogen and oxygen atoms in total. The van der Waals surface area contributed by atoms with Gasteiger partial charge in [0, 0.05) is 5.92 Å². The van der Waals surface area contributed by atoms with Crippen LogP contribution >= 0.6 is 12.4 Å². The zero-order chi connectivity index (χ0) is 12.4. The maximum Gasteiger partial charge on any atom is 0.153 e. The number of carbonyl (C=O) groups excluding carboxylic acids is 1. The summed E-state index contributed by atoms with van der Waals surface area (Å²) in [4.78, 5) is 14.6. The molecule has 1 aromatic rings. The number of ketones is 1. The molecule has 3 aliphatic heterocycles. The predicted octanol–water partition coefficient (Wildman–Crippen LogP) is 3.09. The van der Waals surface area contributed by atoms with E-state index in [0.717, 1.165) is 45.2 Å². The molecule has 0 radical (unpaired) electrons. The first-order valence-corrected chi connectivity index (χ1v) is 7.16. The highest BCUT2D eigenvalue weighted by Gasteiger charge is 2.40. The van der Waals surface area contributed by atoms with E-state index in [1.165, 1.54) is 5.56 Å². The van der Waals surface area contributed by atoms with E-state index in [9.17, 15) is 4.79 Å². The van der Waals surface area contributed by atoms with E-state index in [4.69, 9.17) is 0 Å². The summed E-state index contributed by atoms with van der Waals surface area (Å²) >= 11 is 0. The number of hydrogen-bond acceptors (Lipinski definition) is 2. The average Bonchev–Trinajstić information content (AvgIpc) is 2.44. The third-order valence-electron chi connectivity index (χ3n) is 4.49. The quantitative estimate of drug-likeness (QED) is 0.844. The lowest BCUT2D eigenvalue weighted by molar-refractivity contribution is -0.137. The number of Topliss-reactive ketones (excluding diaryl/α,β-unsaturated/α-hetero) is 1. The van der Waals surface area contributed by atoms with E-state index in [0.29, 0.717) is 11.7 Å². The van der Waals surface area contributed by atoms with Crippen molar-refractivity contribution in [2.45, 2.75) is 38.1 Å². The summed E-state index contributed by atoms with van der Waals surface area (Å²) in [6.45, 7) is 2.29. The number of rotatable bonds is 4. The van der Waals surface area contributed by atoms with Crippen molar-refractivity contribution in [3.05, 3.63) is 35.9 Å². The minimum atomic E-state index is 0. The molecule has 19 heavy (non-hydrogen) atoms. The van der Waals surface area contributed by atoms with Crippen LogP contribution in [0.3, 0.4) is 0 Å². The lowest BCUT2D eigenvalue weighted by Crippen LogP contribution is -2.55. The van der Waals surface area contributed by atoms with Crippen LogP contribution in [0, 0.1) is 5.92 Å². The standard InChI is InChI=1S/C16H21NO.ClH/c18-16-14-9-11-17(12-10-14)15(16)8-4-7-13-5-2-1-3-6-13;/h1-3,5-6,14-15H,4,7-12H2;1H. The maximum absolute atomic E-state index is 12.2. The molecule has 3 heterocycles. The van der Waals surface area contributed by atoms with Gasteiger partial charge in [0.05, 0.1) is 6.04 Å². The van der Waals surface area contributed by atoms with Crippen molar-refractivity contribution < 1.29 is 4.79 Å². The van der Waals surface area contributed by atoms with Gasteiger partial charge >= 0.3 is 0 Å². The first kappa shape index (κ1) is 14.5. The van der Waals surface area contributed by atoms with Gasteiger partial charge in [-0.3, -0.25) is 9.69 Å². The second-order valence-corrected chi connectivity index (χ2v) is 5.61. The number of hydrogen-bond donors (Lipinski definition) is 0. The smallest absolute Gasteiger partial charge is 0.153 e. The molecule has 0 amide bonds. The van der Waals surface area contributed by atoms with Crippen LogP contribution in [-0.2, 0) is 11.2 Å². The molecular weight excluding hydrogens is 258 g/mol. The van der Waals surface area contributed by atoms with E-state index < -0.39 is 0 Å². The maximum atomic E-state index is 12.2. The highest BCUT2D eigenvalue weighted by atomic mass is 35.5. The molecule has 3 saturated heterocycles. The van der Waals surface area contributed by atoms with Crippen LogP contribution in [0.5, 0.6) is 0 Å². The van der Waals surface area contributed by atoms with Crippen molar-refractivity contribution >= 4 is 18.2 Å². The van der Waals surface area contributed by atoms with Crippen molar-refractivity contribution in [2.75, 3.05) is 13.1 Å². The first-order valence-electron chi connectivity index (χ1n) is 7.16. The SMILES string of the molecule is Cl.O=C1C2CCN(CC2)C1CCCc1ccccc1. The number of halogens is 1. The fraction of sp³-hybridized carbons (Fsp3) is 0.562. The molecule has 3 fully saturated rings. The number of nitrogens with zero attached hydrogens (tertiary/aromatic N) is 1. The Morgan fingerprint density at radius 3 is 2.42 bits per heavy atom. The van der Waals surface area contributed by atoms with Crippen molar-refractivity contribution in [3.63, 3.8) is 0 Å². The summed E-state index contributed by atoms with van der Waals surface area (Å²) in [5, 5.41) is 0. The summed E-state index contributed by atoms with van der Waals surface area (Å²) < 4.78 is 0. The normalized spacial score (nSPS) is 29.1.